The molecule has 0 aliphatic carbocycles. The van der Waals surface area contributed by atoms with E-state index in [4.69, 9.17) is 11.6 Å². The molecule has 0 spiro atoms. The Balaban J connectivity index is 1.32. The number of carbonyl (C=O) groups is 1. The molecular weight excluding hydrogens is 460 g/mol. The van der Waals surface area contributed by atoms with Crippen LogP contribution in [0.2, 0.25) is 5.02 Å². The molecular formula is C25H22ClF2N5O. The zero-order valence-electron chi connectivity index (χ0n) is 18.2. The molecule has 1 amide bonds. The standard InChI is InChI=1S/C25H22ClF2N5O/c26-21-12-20(28)8-5-17(21)14-30-25(34)18-2-1-10-32(15-18)24-23-13-22(31-33(23)11-9-29-24)16-3-6-19(27)7-4-16/h3-9,11-13,18H,1-2,10,14-15H2,(H,30,34). The molecule has 4 aromatic rings. The summed E-state index contributed by atoms with van der Waals surface area (Å²) in [6.45, 7) is 1.54. The third-order valence-corrected chi connectivity index (χ3v) is 6.42. The van der Waals surface area contributed by atoms with E-state index < -0.39 is 5.82 Å². The molecule has 0 saturated carbocycles. The van der Waals surface area contributed by atoms with Gasteiger partial charge in [-0.1, -0.05) is 17.7 Å². The normalized spacial score (nSPS) is 16.1. The monoisotopic (exact) mass is 481 g/mol. The molecule has 1 atom stereocenters. The molecule has 1 fully saturated rings. The minimum absolute atomic E-state index is 0.0717. The Labute approximate surface area is 200 Å². The molecule has 1 saturated heterocycles. The Morgan fingerprint density at radius 3 is 2.71 bits per heavy atom. The van der Waals surface area contributed by atoms with Gasteiger partial charge in [-0.2, -0.15) is 5.10 Å². The summed E-state index contributed by atoms with van der Waals surface area (Å²) >= 11 is 6.08. The predicted octanol–water partition coefficient (Wildman–Crippen LogP) is 4.86. The van der Waals surface area contributed by atoms with Crippen LogP contribution >= 0.6 is 11.6 Å². The molecule has 0 radical (unpaired) electrons. The topological polar surface area (TPSA) is 62.5 Å². The van der Waals surface area contributed by atoms with Crippen LogP contribution in [0.5, 0.6) is 0 Å². The molecule has 0 bridgehead atoms. The zero-order chi connectivity index (χ0) is 23.7. The van der Waals surface area contributed by atoms with Crippen LogP contribution in [0.15, 0.2) is 60.9 Å². The minimum atomic E-state index is -0.410. The van der Waals surface area contributed by atoms with Gasteiger partial charge in [0.1, 0.15) is 17.2 Å². The van der Waals surface area contributed by atoms with Gasteiger partial charge in [0.15, 0.2) is 5.82 Å². The molecule has 5 rings (SSSR count). The summed E-state index contributed by atoms with van der Waals surface area (Å²) in [5, 5.41) is 7.83. The number of carbonyl (C=O) groups excluding carboxylic acids is 1. The maximum absolute atomic E-state index is 13.3. The second kappa shape index (κ2) is 9.38. The van der Waals surface area contributed by atoms with Gasteiger partial charge < -0.3 is 10.2 Å². The smallest absolute Gasteiger partial charge is 0.225 e. The summed E-state index contributed by atoms with van der Waals surface area (Å²) in [7, 11) is 0. The number of aromatic nitrogens is 3. The third-order valence-electron chi connectivity index (χ3n) is 6.07. The van der Waals surface area contributed by atoms with Gasteiger partial charge in [-0.25, -0.2) is 18.3 Å². The molecule has 2 aromatic carbocycles. The van der Waals surface area contributed by atoms with E-state index in [0.29, 0.717) is 17.1 Å². The Morgan fingerprint density at radius 1 is 1.12 bits per heavy atom. The van der Waals surface area contributed by atoms with Crippen LogP contribution in [0, 0.1) is 17.6 Å². The van der Waals surface area contributed by atoms with Crippen molar-refractivity contribution in [3.05, 3.63) is 83.1 Å². The lowest BCUT2D eigenvalue weighted by molar-refractivity contribution is -0.125. The highest BCUT2D eigenvalue weighted by Gasteiger charge is 2.28. The van der Waals surface area contributed by atoms with Crippen molar-refractivity contribution in [3.63, 3.8) is 0 Å². The van der Waals surface area contributed by atoms with E-state index in [9.17, 15) is 13.6 Å². The molecule has 2 aromatic heterocycles. The van der Waals surface area contributed by atoms with Gasteiger partial charge in [-0.15, -0.1) is 0 Å². The molecule has 34 heavy (non-hydrogen) atoms. The van der Waals surface area contributed by atoms with Gasteiger partial charge in [0, 0.05) is 42.6 Å². The summed E-state index contributed by atoms with van der Waals surface area (Å²) in [5.74, 6) is -0.240. The van der Waals surface area contributed by atoms with Gasteiger partial charge in [0.2, 0.25) is 5.91 Å². The van der Waals surface area contributed by atoms with Crippen molar-refractivity contribution >= 4 is 28.8 Å². The van der Waals surface area contributed by atoms with Crippen molar-refractivity contribution in [1.82, 2.24) is 19.9 Å². The first-order valence-electron chi connectivity index (χ1n) is 11.0. The fourth-order valence-electron chi connectivity index (χ4n) is 4.29. The van der Waals surface area contributed by atoms with E-state index >= 15 is 0 Å². The zero-order valence-corrected chi connectivity index (χ0v) is 19.0. The van der Waals surface area contributed by atoms with Crippen molar-refractivity contribution in [2.45, 2.75) is 19.4 Å². The lowest BCUT2D eigenvalue weighted by Gasteiger charge is -2.33. The Morgan fingerprint density at radius 2 is 1.91 bits per heavy atom. The summed E-state index contributed by atoms with van der Waals surface area (Å²) in [4.78, 5) is 19.6. The van der Waals surface area contributed by atoms with Crippen LogP contribution in [0.1, 0.15) is 18.4 Å². The van der Waals surface area contributed by atoms with Crippen molar-refractivity contribution in [3.8, 4) is 11.3 Å². The lowest BCUT2D eigenvalue weighted by Crippen LogP contribution is -2.43. The minimum Gasteiger partial charge on any atom is -0.354 e. The van der Waals surface area contributed by atoms with Crippen molar-refractivity contribution in [1.29, 1.82) is 0 Å². The van der Waals surface area contributed by atoms with Crippen molar-refractivity contribution in [2.24, 2.45) is 5.92 Å². The van der Waals surface area contributed by atoms with E-state index in [1.54, 1.807) is 35.1 Å². The van der Waals surface area contributed by atoms with Crippen LogP contribution in [0.4, 0.5) is 14.6 Å². The molecule has 174 valence electrons. The SMILES string of the molecule is O=C(NCc1ccc(F)cc1Cl)C1CCCN(c2nccn3nc(-c4ccc(F)cc4)cc23)C1. The number of rotatable bonds is 5. The van der Waals surface area contributed by atoms with E-state index in [0.717, 1.165) is 42.0 Å². The maximum Gasteiger partial charge on any atom is 0.225 e. The highest BCUT2D eigenvalue weighted by Crippen LogP contribution is 2.28. The van der Waals surface area contributed by atoms with Crippen molar-refractivity contribution in [2.75, 3.05) is 18.0 Å². The number of hydrogen-bond donors (Lipinski definition) is 1. The number of piperidine rings is 1. The number of halogens is 3. The average molecular weight is 482 g/mol. The Bertz CT molecular complexity index is 1340. The second-order valence-electron chi connectivity index (χ2n) is 8.36. The third kappa shape index (κ3) is 4.59. The molecule has 6 nitrogen and oxygen atoms in total. The maximum atomic E-state index is 13.3. The van der Waals surface area contributed by atoms with Gasteiger partial charge in [-0.3, -0.25) is 4.79 Å². The Hall–Kier alpha value is -3.52. The van der Waals surface area contributed by atoms with E-state index in [2.05, 4.69) is 20.3 Å². The molecule has 9 heteroatoms. The quantitative estimate of drug-likeness (QED) is 0.442. The molecule has 1 aliphatic heterocycles. The second-order valence-corrected chi connectivity index (χ2v) is 8.76. The fraction of sp³-hybridized carbons (Fsp3) is 0.240. The summed E-state index contributed by atoms with van der Waals surface area (Å²) in [6.07, 6.45) is 5.07. The first kappa shape index (κ1) is 22.3. The van der Waals surface area contributed by atoms with Gasteiger partial charge in [0.25, 0.3) is 0 Å². The van der Waals surface area contributed by atoms with Crippen molar-refractivity contribution < 1.29 is 13.6 Å². The van der Waals surface area contributed by atoms with Crippen LogP contribution in [0.25, 0.3) is 16.8 Å². The number of benzene rings is 2. The Kier molecular flexibility index (Phi) is 6.15. The fourth-order valence-corrected chi connectivity index (χ4v) is 4.52. The predicted molar refractivity (Wildman–Crippen MR) is 127 cm³/mol. The first-order valence-corrected chi connectivity index (χ1v) is 11.4. The van der Waals surface area contributed by atoms with Crippen LogP contribution in [-0.2, 0) is 11.3 Å². The van der Waals surface area contributed by atoms with Crippen LogP contribution in [-0.4, -0.2) is 33.6 Å². The van der Waals surface area contributed by atoms with Gasteiger partial charge in [0.05, 0.1) is 11.6 Å². The number of anilines is 1. The first-order chi connectivity index (χ1) is 16.5. The number of fused-ring (bicyclic) bond motifs is 1. The number of hydrogen-bond acceptors (Lipinski definition) is 4. The molecule has 3 heterocycles. The lowest BCUT2D eigenvalue weighted by atomic mass is 9.97. The van der Waals surface area contributed by atoms with E-state index in [1.165, 1.54) is 24.3 Å². The largest absolute Gasteiger partial charge is 0.354 e. The van der Waals surface area contributed by atoms with E-state index in [1.807, 2.05) is 6.07 Å². The summed E-state index contributed by atoms with van der Waals surface area (Å²) in [6, 6.07) is 12.3. The van der Waals surface area contributed by atoms with Crippen LogP contribution < -0.4 is 10.2 Å². The average Bonchev–Trinajstić information content (AvgIpc) is 3.28. The number of nitrogens with one attached hydrogen (secondary N) is 1. The number of nitrogens with zero attached hydrogens (tertiary/aromatic N) is 4. The van der Waals surface area contributed by atoms with Crippen LogP contribution in [0.3, 0.4) is 0 Å². The molecule has 1 unspecified atom stereocenters. The highest BCUT2D eigenvalue weighted by molar-refractivity contribution is 6.31. The van der Waals surface area contributed by atoms with E-state index in [-0.39, 0.29) is 24.2 Å². The summed E-state index contributed by atoms with van der Waals surface area (Å²) < 4.78 is 28.3. The van der Waals surface area contributed by atoms with Gasteiger partial charge in [-0.05, 0) is 60.9 Å². The highest BCUT2D eigenvalue weighted by atomic mass is 35.5. The van der Waals surface area contributed by atoms with Gasteiger partial charge >= 0.3 is 0 Å². The summed E-state index contributed by atoms with van der Waals surface area (Å²) in [5.41, 5.74) is 3.02. The molecule has 1 N–H and O–H groups in total. The number of amides is 1. The molecule has 1 aliphatic rings.